The van der Waals surface area contributed by atoms with E-state index in [0.717, 1.165) is 43.1 Å². The van der Waals surface area contributed by atoms with E-state index in [9.17, 15) is 13.2 Å². The Balaban J connectivity index is 1.38. The zero-order valence-electron chi connectivity index (χ0n) is 19.4. The average molecular weight is 492 g/mol. The van der Waals surface area contributed by atoms with Gasteiger partial charge in [-0.1, -0.05) is 37.4 Å². The van der Waals surface area contributed by atoms with Gasteiger partial charge < -0.3 is 9.88 Å². The Hall–Kier alpha value is -1.91. The highest BCUT2D eigenvalue weighted by atomic mass is 32.2. The van der Waals surface area contributed by atoms with Gasteiger partial charge in [-0.2, -0.15) is 4.31 Å². The van der Waals surface area contributed by atoms with Gasteiger partial charge in [0.2, 0.25) is 15.9 Å². The molecule has 2 aromatic rings. The zero-order chi connectivity index (χ0) is 23.4. The molecule has 1 aliphatic carbocycles. The van der Waals surface area contributed by atoms with Crippen LogP contribution in [0.5, 0.6) is 0 Å². The molecule has 4 rings (SSSR count). The van der Waals surface area contributed by atoms with Crippen molar-refractivity contribution >= 4 is 33.4 Å². The third-order valence-electron chi connectivity index (χ3n) is 6.50. The summed E-state index contributed by atoms with van der Waals surface area (Å²) in [5, 5.41) is 11.9. The van der Waals surface area contributed by atoms with Crippen LogP contribution in [0.2, 0.25) is 0 Å². The number of carbonyl (C=O) groups is 1. The van der Waals surface area contributed by atoms with Gasteiger partial charge >= 0.3 is 0 Å². The Labute approximate surface area is 200 Å². The Bertz CT molecular complexity index is 1060. The van der Waals surface area contributed by atoms with Crippen molar-refractivity contribution in [2.45, 2.75) is 86.6 Å². The summed E-state index contributed by atoms with van der Waals surface area (Å²) in [6.45, 7) is 4.96. The maximum Gasteiger partial charge on any atom is 0.243 e. The molecule has 33 heavy (non-hydrogen) atoms. The fourth-order valence-electron chi connectivity index (χ4n) is 4.61. The van der Waals surface area contributed by atoms with Crippen LogP contribution in [0.3, 0.4) is 0 Å². The number of piperidine rings is 1. The predicted octanol–water partition coefficient (Wildman–Crippen LogP) is 4.39. The number of nitrogens with zero attached hydrogens (tertiary/aromatic N) is 4. The van der Waals surface area contributed by atoms with Crippen LogP contribution < -0.4 is 5.32 Å². The number of carbonyl (C=O) groups excluding carboxylic acids is 1. The van der Waals surface area contributed by atoms with Crippen LogP contribution in [0.1, 0.15) is 70.2 Å². The smallest absolute Gasteiger partial charge is 0.243 e. The molecule has 0 radical (unpaired) electrons. The summed E-state index contributed by atoms with van der Waals surface area (Å²) in [6, 6.07) is 6.85. The lowest BCUT2D eigenvalue weighted by molar-refractivity contribution is -0.115. The fraction of sp³-hybridized carbons (Fsp3) is 0.609. The molecular formula is C23H33N5O3S2. The molecule has 1 amide bonds. The minimum atomic E-state index is -3.48. The highest BCUT2D eigenvalue weighted by Crippen LogP contribution is 2.34. The number of aromatic nitrogens is 3. The Morgan fingerprint density at radius 3 is 2.33 bits per heavy atom. The van der Waals surface area contributed by atoms with Crippen molar-refractivity contribution in [3.63, 3.8) is 0 Å². The Kier molecular flexibility index (Phi) is 7.76. The molecule has 1 aromatic heterocycles. The van der Waals surface area contributed by atoms with Gasteiger partial charge in [0.15, 0.2) is 5.16 Å². The van der Waals surface area contributed by atoms with Gasteiger partial charge in [-0.3, -0.25) is 4.79 Å². The van der Waals surface area contributed by atoms with Crippen molar-refractivity contribution in [1.82, 2.24) is 19.1 Å². The van der Waals surface area contributed by atoms with E-state index < -0.39 is 10.0 Å². The molecule has 2 fully saturated rings. The second kappa shape index (κ2) is 10.6. The van der Waals surface area contributed by atoms with Crippen molar-refractivity contribution in [1.29, 1.82) is 0 Å². The summed E-state index contributed by atoms with van der Waals surface area (Å²) in [4.78, 5) is 13.1. The monoisotopic (exact) mass is 491 g/mol. The molecule has 0 spiro atoms. The largest absolute Gasteiger partial charge is 0.325 e. The lowest BCUT2D eigenvalue weighted by Gasteiger charge is -2.26. The van der Waals surface area contributed by atoms with Crippen LogP contribution in [0.25, 0.3) is 0 Å². The molecule has 2 aliphatic rings. The number of anilines is 1. The van der Waals surface area contributed by atoms with E-state index in [0.29, 0.717) is 24.8 Å². The number of hydrogen-bond donors (Lipinski definition) is 1. The molecule has 1 aliphatic heterocycles. The quantitative estimate of drug-likeness (QED) is 0.577. The molecule has 1 atom stereocenters. The topological polar surface area (TPSA) is 97.2 Å². The van der Waals surface area contributed by atoms with Crippen molar-refractivity contribution in [3.05, 3.63) is 30.1 Å². The number of benzene rings is 1. The maximum absolute atomic E-state index is 12.8. The second-order valence-corrected chi connectivity index (χ2v) is 12.2. The molecule has 1 aromatic carbocycles. The molecular weight excluding hydrogens is 458 g/mol. The number of rotatable bonds is 7. The number of nitrogens with one attached hydrogen (secondary N) is 1. The molecule has 1 saturated heterocycles. The highest BCUT2D eigenvalue weighted by Gasteiger charge is 2.27. The van der Waals surface area contributed by atoms with Crippen LogP contribution >= 0.6 is 11.8 Å². The van der Waals surface area contributed by atoms with Crippen molar-refractivity contribution in [2.24, 2.45) is 0 Å². The molecule has 180 valence electrons. The van der Waals surface area contributed by atoms with E-state index in [1.54, 1.807) is 28.6 Å². The zero-order valence-corrected chi connectivity index (χ0v) is 21.0. The lowest BCUT2D eigenvalue weighted by Crippen LogP contribution is -2.35. The van der Waals surface area contributed by atoms with Crippen LogP contribution in [0.4, 0.5) is 5.69 Å². The second-order valence-electron chi connectivity index (χ2n) is 8.93. The Morgan fingerprint density at radius 2 is 1.67 bits per heavy atom. The van der Waals surface area contributed by atoms with Gasteiger partial charge in [-0.15, -0.1) is 10.2 Å². The van der Waals surface area contributed by atoms with E-state index in [1.165, 1.54) is 31.0 Å². The molecule has 1 unspecified atom stereocenters. The lowest BCUT2D eigenvalue weighted by atomic mass is 9.95. The number of amides is 1. The number of thioether (sulfide) groups is 1. The van der Waals surface area contributed by atoms with Crippen molar-refractivity contribution in [3.8, 4) is 0 Å². The first kappa shape index (κ1) is 24.2. The van der Waals surface area contributed by atoms with Crippen molar-refractivity contribution < 1.29 is 13.2 Å². The van der Waals surface area contributed by atoms with Gasteiger partial charge in [0.25, 0.3) is 0 Å². The number of hydrogen-bond acceptors (Lipinski definition) is 6. The first-order chi connectivity index (χ1) is 15.9. The normalized spacial score (nSPS) is 19.3. The van der Waals surface area contributed by atoms with Crippen LogP contribution in [0, 0.1) is 6.92 Å². The summed E-state index contributed by atoms with van der Waals surface area (Å²) >= 11 is 1.41. The third-order valence-corrected chi connectivity index (χ3v) is 9.47. The van der Waals surface area contributed by atoms with Crippen LogP contribution in [0.15, 0.2) is 34.3 Å². The van der Waals surface area contributed by atoms with Crippen LogP contribution in [-0.4, -0.2) is 51.7 Å². The average Bonchev–Trinajstić information content (AvgIpc) is 3.20. The van der Waals surface area contributed by atoms with Crippen LogP contribution in [-0.2, 0) is 14.8 Å². The molecule has 1 saturated carbocycles. The minimum absolute atomic E-state index is 0.150. The predicted molar refractivity (Wildman–Crippen MR) is 130 cm³/mol. The summed E-state index contributed by atoms with van der Waals surface area (Å²) in [7, 11) is -3.48. The number of sulfonamides is 1. The van der Waals surface area contributed by atoms with Gasteiger partial charge in [0.05, 0.1) is 10.1 Å². The fourth-order valence-corrected chi connectivity index (χ4v) is 7.09. The summed E-state index contributed by atoms with van der Waals surface area (Å²) in [5.41, 5.74) is 0.579. The van der Waals surface area contributed by atoms with E-state index in [-0.39, 0.29) is 16.1 Å². The molecule has 8 nitrogen and oxygen atoms in total. The number of aryl methyl sites for hydroxylation is 1. The maximum atomic E-state index is 12.8. The van der Waals surface area contributed by atoms with E-state index in [4.69, 9.17) is 0 Å². The highest BCUT2D eigenvalue weighted by molar-refractivity contribution is 8.00. The summed E-state index contributed by atoms with van der Waals surface area (Å²) in [5.74, 6) is 0.741. The first-order valence-electron chi connectivity index (χ1n) is 11.9. The van der Waals surface area contributed by atoms with Gasteiger partial charge in [0, 0.05) is 24.8 Å². The van der Waals surface area contributed by atoms with Crippen molar-refractivity contribution in [2.75, 3.05) is 18.4 Å². The van der Waals surface area contributed by atoms with Gasteiger partial charge in [0.1, 0.15) is 5.82 Å². The SMILES string of the molecule is Cc1nnc(SC(C)C(=O)Nc2ccc(S(=O)(=O)N3CCCCC3)cc2)n1C1CCCCC1. The molecule has 2 heterocycles. The van der Waals surface area contributed by atoms with E-state index in [2.05, 4.69) is 20.1 Å². The molecule has 0 bridgehead atoms. The van der Waals surface area contributed by atoms with Gasteiger partial charge in [-0.05, 0) is 63.8 Å². The molecule has 1 N–H and O–H groups in total. The van der Waals surface area contributed by atoms with E-state index >= 15 is 0 Å². The Morgan fingerprint density at radius 1 is 1.03 bits per heavy atom. The standard InChI is InChI=1S/C23H33N5O3S2/c1-17(32-23-26-25-18(2)28(23)20-9-5-3-6-10-20)22(29)24-19-11-13-21(14-12-19)33(30,31)27-15-7-4-8-16-27/h11-14,17,20H,3-10,15-16H2,1-2H3,(H,24,29). The minimum Gasteiger partial charge on any atom is -0.325 e. The third kappa shape index (κ3) is 5.60. The van der Waals surface area contributed by atoms with E-state index in [1.807, 2.05) is 13.8 Å². The summed E-state index contributed by atoms with van der Waals surface area (Å²) < 4.78 is 29.4. The van der Waals surface area contributed by atoms with Gasteiger partial charge in [-0.25, -0.2) is 8.42 Å². The summed E-state index contributed by atoms with van der Waals surface area (Å²) in [6.07, 6.45) is 8.83. The molecule has 10 heteroatoms. The first-order valence-corrected chi connectivity index (χ1v) is 14.2.